The van der Waals surface area contributed by atoms with Gasteiger partial charge in [-0.25, -0.2) is 4.79 Å². The van der Waals surface area contributed by atoms with Gasteiger partial charge in [0.15, 0.2) is 6.61 Å². The zero-order chi connectivity index (χ0) is 12.1. The summed E-state index contributed by atoms with van der Waals surface area (Å²) < 4.78 is 4.73. The van der Waals surface area contributed by atoms with E-state index in [9.17, 15) is 9.59 Å². The predicted molar refractivity (Wildman–Crippen MR) is 60.2 cm³/mol. The number of likely N-dealkylation sites (N-methyl/N-ethyl adjacent to an activating group) is 1. The van der Waals surface area contributed by atoms with Gasteiger partial charge >= 0.3 is 5.97 Å². The molecule has 0 aromatic heterocycles. The molecule has 0 bridgehead atoms. The summed E-state index contributed by atoms with van der Waals surface area (Å²) in [6.07, 6.45) is 0. The number of hydrogen-bond acceptors (Lipinski definition) is 4. The van der Waals surface area contributed by atoms with Crippen LogP contribution in [0.5, 0.6) is 0 Å². The van der Waals surface area contributed by atoms with Crippen LogP contribution in [-0.4, -0.2) is 25.5 Å². The van der Waals surface area contributed by atoms with Gasteiger partial charge < -0.3 is 15.8 Å². The van der Waals surface area contributed by atoms with Gasteiger partial charge in [0.05, 0.1) is 16.3 Å². The van der Waals surface area contributed by atoms with Crippen LogP contribution in [0.15, 0.2) is 18.2 Å². The topological polar surface area (TPSA) is 81.4 Å². The van der Waals surface area contributed by atoms with Gasteiger partial charge in [-0.3, -0.25) is 4.79 Å². The minimum Gasteiger partial charge on any atom is -0.452 e. The van der Waals surface area contributed by atoms with Crippen molar-refractivity contribution in [2.45, 2.75) is 0 Å². The number of benzene rings is 1. The quantitative estimate of drug-likeness (QED) is 0.608. The number of rotatable bonds is 3. The van der Waals surface area contributed by atoms with Gasteiger partial charge in [0.25, 0.3) is 5.91 Å². The molecule has 1 aromatic rings. The van der Waals surface area contributed by atoms with Crippen LogP contribution in [0, 0.1) is 0 Å². The molecule has 0 aliphatic heterocycles. The summed E-state index contributed by atoms with van der Waals surface area (Å²) in [7, 11) is 1.45. The number of amides is 1. The van der Waals surface area contributed by atoms with E-state index in [1.807, 2.05) is 0 Å². The minimum absolute atomic E-state index is 0.129. The Hall–Kier alpha value is -1.75. The Labute approximate surface area is 97.5 Å². The molecule has 16 heavy (non-hydrogen) atoms. The minimum atomic E-state index is -0.680. The van der Waals surface area contributed by atoms with Crippen LogP contribution in [0.25, 0.3) is 0 Å². The second-order valence-electron chi connectivity index (χ2n) is 2.96. The Balaban J connectivity index is 2.74. The number of ether oxygens (including phenoxy) is 1. The van der Waals surface area contributed by atoms with Crippen LogP contribution in [0.1, 0.15) is 10.4 Å². The van der Waals surface area contributed by atoms with E-state index in [4.69, 9.17) is 22.1 Å². The second-order valence-corrected chi connectivity index (χ2v) is 3.34. The van der Waals surface area contributed by atoms with Crippen LogP contribution in [0.3, 0.4) is 0 Å². The van der Waals surface area contributed by atoms with Crippen molar-refractivity contribution in [3.63, 3.8) is 0 Å². The zero-order valence-electron chi connectivity index (χ0n) is 8.62. The summed E-state index contributed by atoms with van der Waals surface area (Å²) in [6.45, 7) is -0.347. The Morgan fingerprint density at radius 2 is 2.19 bits per heavy atom. The van der Waals surface area contributed by atoms with Crippen LogP contribution in [0.4, 0.5) is 5.69 Å². The molecule has 0 saturated heterocycles. The number of nitrogens with one attached hydrogen (secondary N) is 1. The summed E-state index contributed by atoms with van der Waals surface area (Å²) in [6, 6.07) is 4.63. The van der Waals surface area contributed by atoms with E-state index in [-0.39, 0.29) is 22.9 Å². The van der Waals surface area contributed by atoms with E-state index in [0.717, 1.165) is 0 Å². The van der Waals surface area contributed by atoms with Gasteiger partial charge in [-0.15, -0.1) is 0 Å². The van der Waals surface area contributed by atoms with E-state index >= 15 is 0 Å². The van der Waals surface area contributed by atoms with Crippen LogP contribution in [-0.2, 0) is 9.53 Å². The Morgan fingerprint density at radius 1 is 1.50 bits per heavy atom. The number of esters is 1. The van der Waals surface area contributed by atoms with Crippen molar-refractivity contribution >= 4 is 29.2 Å². The van der Waals surface area contributed by atoms with Crippen LogP contribution < -0.4 is 11.1 Å². The second kappa shape index (κ2) is 5.37. The van der Waals surface area contributed by atoms with Gasteiger partial charge in [-0.1, -0.05) is 17.7 Å². The van der Waals surface area contributed by atoms with E-state index < -0.39 is 11.9 Å². The third-order valence-electron chi connectivity index (χ3n) is 1.86. The number of carbonyl (C=O) groups excluding carboxylic acids is 2. The molecule has 0 spiro atoms. The molecule has 1 aromatic carbocycles. The van der Waals surface area contributed by atoms with Gasteiger partial charge in [-0.2, -0.15) is 0 Å². The predicted octanol–water partition coefficient (Wildman–Crippen LogP) is 0.825. The van der Waals surface area contributed by atoms with Crippen molar-refractivity contribution in [3.8, 4) is 0 Å². The van der Waals surface area contributed by atoms with E-state index in [0.29, 0.717) is 0 Å². The normalized spacial score (nSPS) is 9.62. The van der Waals surface area contributed by atoms with Gasteiger partial charge in [0.2, 0.25) is 0 Å². The molecule has 0 radical (unpaired) electrons. The van der Waals surface area contributed by atoms with Crippen LogP contribution in [0.2, 0.25) is 5.02 Å². The first-order valence-electron chi connectivity index (χ1n) is 4.48. The summed E-state index contributed by atoms with van der Waals surface area (Å²) in [5.74, 6) is -1.07. The number of carbonyl (C=O) groups is 2. The Morgan fingerprint density at radius 3 is 2.81 bits per heavy atom. The maximum Gasteiger partial charge on any atom is 0.340 e. The lowest BCUT2D eigenvalue weighted by Crippen LogP contribution is -2.25. The zero-order valence-corrected chi connectivity index (χ0v) is 9.38. The van der Waals surface area contributed by atoms with E-state index in [2.05, 4.69) is 5.32 Å². The smallest absolute Gasteiger partial charge is 0.340 e. The first-order valence-corrected chi connectivity index (χ1v) is 4.85. The number of halogens is 1. The fourth-order valence-corrected chi connectivity index (χ4v) is 1.19. The summed E-state index contributed by atoms with van der Waals surface area (Å²) in [5, 5.41) is 2.45. The molecule has 1 rings (SSSR count). The highest BCUT2D eigenvalue weighted by Gasteiger charge is 2.14. The molecule has 0 fully saturated rings. The van der Waals surface area contributed by atoms with Crippen molar-refractivity contribution in [1.29, 1.82) is 0 Å². The highest BCUT2D eigenvalue weighted by Crippen LogP contribution is 2.23. The standard InChI is InChI=1S/C10H11ClN2O3/c1-13-8(14)5-16-10(15)6-3-2-4-7(12)9(6)11/h2-4H,5,12H2,1H3,(H,13,14). The molecule has 0 unspecified atom stereocenters. The van der Waals surface area contributed by atoms with Crippen molar-refractivity contribution in [1.82, 2.24) is 5.32 Å². The number of hydrogen-bond donors (Lipinski definition) is 2. The lowest BCUT2D eigenvalue weighted by Gasteiger charge is -2.06. The summed E-state index contributed by atoms with van der Waals surface area (Å²) in [4.78, 5) is 22.3. The first kappa shape index (κ1) is 12.3. The fraction of sp³-hybridized carbons (Fsp3) is 0.200. The number of nitrogens with two attached hydrogens (primary N) is 1. The molecule has 3 N–H and O–H groups in total. The van der Waals surface area contributed by atoms with Gasteiger partial charge in [0.1, 0.15) is 0 Å². The van der Waals surface area contributed by atoms with Gasteiger partial charge in [0, 0.05) is 7.05 Å². The molecule has 5 nitrogen and oxygen atoms in total. The maximum absolute atomic E-state index is 11.5. The van der Waals surface area contributed by atoms with Gasteiger partial charge in [-0.05, 0) is 12.1 Å². The molecule has 0 heterocycles. The highest BCUT2D eigenvalue weighted by molar-refractivity contribution is 6.36. The molecule has 86 valence electrons. The fourth-order valence-electron chi connectivity index (χ4n) is 0.988. The van der Waals surface area contributed by atoms with Crippen molar-refractivity contribution < 1.29 is 14.3 Å². The third kappa shape index (κ3) is 2.87. The van der Waals surface area contributed by atoms with E-state index in [1.54, 1.807) is 12.1 Å². The summed E-state index contributed by atoms with van der Waals surface area (Å²) >= 11 is 5.81. The lowest BCUT2D eigenvalue weighted by atomic mass is 10.2. The van der Waals surface area contributed by atoms with Crippen molar-refractivity contribution in [2.75, 3.05) is 19.4 Å². The molecule has 0 atom stereocenters. The molecule has 0 saturated carbocycles. The Bertz CT molecular complexity index is 421. The third-order valence-corrected chi connectivity index (χ3v) is 2.28. The van der Waals surface area contributed by atoms with Crippen molar-refractivity contribution in [3.05, 3.63) is 28.8 Å². The molecule has 1 amide bonds. The SMILES string of the molecule is CNC(=O)COC(=O)c1cccc(N)c1Cl. The van der Waals surface area contributed by atoms with Crippen molar-refractivity contribution in [2.24, 2.45) is 0 Å². The molecular formula is C10H11ClN2O3. The lowest BCUT2D eigenvalue weighted by molar-refractivity contribution is -0.123. The average molecular weight is 243 g/mol. The van der Waals surface area contributed by atoms with Crippen LogP contribution >= 0.6 is 11.6 Å². The Kier molecular flexibility index (Phi) is 4.13. The molecule has 0 aliphatic carbocycles. The molecular weight excluding hydrogens is 232 g/mol. The van der Waals surface area contributed by atoms with E-state index in [1.165, 1.54) is 13.1 Å². The average Bonchev–Trinajstić information content (AvgIpc) is 2.29. The monoisotopic (exact) mass is 242 g/mol. The number of nitrogen functional groups attached to an aromatic ring is 1. The molecule has 0 aliphatic rings. The molecule has 6 heteroatoms. The highest BCUT2D eigenvalue weighted by atomic mass is 35.5. The largest absolute Gasteiger partial charge is 0.452 e. The summed E-state index contributed by atoms with van der Waals surface area (Å²) in [5.41, 5.74) is 5.95. The number of anilines is 1. The first-order chi connectivity index (χ1) is 7.56. The maximum atomic E-state index is 11.5.